The minimum absolute atomic E-state index is 0.612. The minimum atomic E-state index is 0.612. The van der Waals surface area contributed by atoms with Crippen LogP contribution >= 0.6 is 11.3 Å². The van der Waals surface area contributed by atoms with Gasteiger partial charge in [0.15, 0.2) is 5.06 Å². The summed E-state index contributed by atoms with van der Waals surface area (Å²) in [7, 11) is 1.72. The van der Waals surface area contributed by atoms with Crippen molar-refractivity contribution in [3.63, 3.8) is 0 Å². The van der Waals surface area contributed by atoms with Gasteiger partial charge in [-0.25, -0.2) is 0 Å². The van der Waals surface area contributed by atoms with Crippen LogP contribution in [0.1, 0.15) is 11.8 Å². The SMILES string of the molecule is COc1ccc(CN2CCN[C@@H](C)C2)s1. The molecule has 1 aliphatic heterocycles. The van der Waals surface area contributed by atoms with Crippen LogP contribution in [-0.2, 0) is 6.54 Å². The summed E-state index contributed by atoms with van der Waals surface area (Å²) >= 11 is 1.74. The Morgan fingerprint density at radius 3 is 3.13 bits per heavy atom. The number of nitrogens with zero attached hydrogens (tertiary/aromatic N) is 1. The molecule has 2 heterocycles. The lowest BCUT2D eigenvalue weighted by atomic mass is 10.2. The standard InChI is InChI=1S/C11H18N2OS/c1-9-7-13(6-5-12-9)8-10-3-4-11(14-2)15-10/h3-4,9,12H,5-8H2,1-2H3/t9-/m0/s1. The number of methoxy groups -OCH3 is 1. The summed E-state index contributed by atoms with van der Waals surface area (Å²) in [5.74, 6) is 0. The minimum Gasteiger partial charge on any atom is -0.487 e. The van der Waals surface area contributed by atoms with Crippen LogP contribution in [0.25, 0.3) is 0 Å². The Balaban J connectivity index is 1.90. The molecule has 84 valence electrons. The number of thiophene rings is 1. The van der Waals surface area contributed by atoms with E-state index in [0.29, 0.717) is 6.04 Å². The topological polar surface area (TPSA) is 24.5 Å². The zero-order chi connectivity index (χ0) is 10.7. The molecule has 1 atom stereocenters. The van der Waals surface area contributed by atoms with Crippen LogP contribution in [0.2, 0.25) is 0 Å². The Bertz CT molecular complexity index is 313. The molecule has 4 heteroatoms. The van der Waals surface area contributed by atoms with E-state index in [1.165, 1.54) is 4.88 Å². The van der Waals surface area contributed by atoms with Gasteiger partial charge in [-0.05, 0) is 19.1 Å². The van der Waals surface area contributed by atoms with Gasteiger partial charge in [0.2, 0.25) is 0 Å². The molecule has 0 aromatic carbocycles. The molecule has 3 nitrogen and oxygen atoms in total. The van der Waals surface area contributed by atoms with Crippen molar-refractivity contribution in [1.29, 1.82) is 0 Å². The Kier molecular flexibility index (Phi) is 3.61. The summed E-state index contributed by atoms with van der Waals surface area (Å²) in [6.07, 6.45) is 0. The van der Waals surface area contributed by atoms with Gasteiger partial charge in [0.1, 0.15) is 0 Å². The summed E-state index contributed by atoms with van der Waals surface area (Å²) < 4.78 is 5.19. The first-order valence-corrected chi connectivity index (χ1v) is 6.18. The predicted octanol–water partition coefficient (Wildman–Crippen LogP) is 1.55. The van der Waals surface area contributed by atoms with Gasteiger partial charge >= 0.3 is 0 Å². The quantitative estimate of drug-likeness (QED) is 0.846. The molecule has 0 aliphatic carbocycles. The number of ether oxygens (including phenoxy) is 1. The van der Waals surface area contributed by atoms with Crippen LogP contribution in [-0.4, -0.2) is 37.7 Å². The number of rotatable bonds is 3. The van der Waals surface area contributed by atoms with E-state index in [1.54, 1.807) is 18.4 Å². The van der Waals surface area contributed by atoms with Crippen molar-refractivity contribution in [2.24, 2.45) is 0 Å². The Morgan fingerprint density at radius 2 is 2.47 bits per heavy atom. The third-order valence-corrected chi connectivity index (χ3v) is 3.70. The second-order valence-corrected chi connectivity index (χ2v) is 5.15. The van der Waals surface area contributed by atoms with Crippen LogP contribution in [0, 0.1) is 0 Å². The third-order valence-electron chi connectivity index (χ3n) is 2.67. The van der Waals surface area contributed by atoms with Crippen LogP contribution in [0.5, 0.6) is 5.06 Å². The lowest BCUT2D eigenvalue weighted by Crippen LogP contribution is -2.48. The normalized spacial score (nSPS) is 22.9. The maximum absolute atomic E-state index is 5.19. The summed E-state index contributed by atoms with van der Waals surface area (Å²) in [5.41, 5.74) is 0. The van der Waals surface area contributed by atoms with Gasteiger partial charge in [-0.1, -0.05) is 0 Å². The Hall–Kier alpha value is -0.580. The van der Waals surface area contributed by atoms with Crippen molar-refractivity contribution in [2.45, 2.75) is 19.5 Å². The maximum Gasteiger partial charge on any atom is 0.173 e. The molecule has 1 aliphatic rings. The molecule has 0 unspecified atom stereocenters. The fraction of sp³-hybridized carbons (Fsp3) is 0.636. The van der Waals surface area contributed by atoms with Crippen molar-refractivity contribution in [1.82, 2.24) is 10.2 Å². The second kappa shape index (κ2) is 4.96. The first-order valence-electron chi connectivity index (χ1n) is 5.36. The molecular formula is C11H18N2OS. The molecule has 2 rings (SSSR count). The van der Waals surface area contributed by atoms with Crippen molar-refractivity contribution in [3.05, 3.63) is 17.0 Å². The fourth-order valence-electron chi connectivity index (χ4n) is 1.93. The van der Waals surface area contributed by atoms with Crippen molar-refractivity contribution >= 4 is 11.3 Å². The first-order chi connectivity index (χ1) is 7.28. The molecule has 1 N–H and O–H groups in total. The molecule has 0 saturated carbocycles. The van der Waals surface area contributed by atoms with Crippen LogP contribution in [0.3, 0.4) is 0 Å². The lowest BCUT2D eigenvalue weighted by molar-refractivity contribution is 0.201. The molecule has 1 saturated heterocycles. The monoisotopic (exact) mass is 226 g/mol. The number of hydrogen-bond donors (Lipinski definition) is 1. The van der Waals surface area contributed by atoms with E-state index in [-0.39, 0.29) is 0 Å². The zero-order valence-corrected chi connectivity index (χ0v) is 10.1. The fourth-order valence-corrected chi connectivity index (χ4v) is 2.79. The third kappa shape index (κ3) is 2.93. The van der Waals surface area contributed by atoms with Crippen molar-refractivity contribution in [2.75, 3.05) is 26.7 Å². The van der Waals surface area contributed by atoms with E-state index < -0.39 is 0 Å². The van der Waals surface area contributed by atoms with E-state index >= 15 is 0 Å². The molecule has 1 fully saturated rings. The Morgan fingerprint density at radius 1 is 1.60 bits per heavy atom. The molecule has 1 aromatic rings. The van der Waals surface area contributed by atoms with Crippen LogP contribution < -0.4 is 10.1 Å². The van der Waals surface area contributed by atoms with Gasteiger partial charge in [-0.3, -0.25) is 4.90 Å². The highest BCUT2D eigenvalue weighted by atomic mass is 32.1. The number of hydrogen-bond acceptors (Lipinski definition) is 4. The average Bonchev–Trinajstić information content (AvgIpc) is 2.65. The zero-order valence-electron chi connectivity index (χ0n) is 9.32. The molecule has 1 aromatic heterocycles. The largest absolute Gasteiger partial charge is 0.487 e. The molecule has 0 radical (unpaired) electrons. The highest BCUT2D eigenvalue weighted by Crippen LogP contribution is 2.25. The Labute approximate surface area is 95.0 Å². The summed E-state index contributed by atoms with van der Waals surface area (Å²) in [6, 6.07) is 4.82. The summed E-state index contributed by atoms with van der Waals surface area (Å²) in [4.78, 5) is 3.88. The smallest absolute Gasteiger partial charge is 0.173 e. The van der Waals surface area contributed by atoms with E-state index in [0.717, 1.165) is 31.2 Å². The second-order valence-electron chi connectivity index (χ2n) is 4.02. The molecule has 15 heavy (non-hydrogen) atoms. The van der Waals surface area contributed by atoms with Crippen LogP contribution in [0.4, 0.5) is 0 Å². The molecule has 0 amide bonds. The van der Waals surface area contributed by atoms with E-state index in [1.807, 2.05) is 6.07 Å². The van der Waals surface area contributed by atoms with E-state index in [9.17, 15) is 0 Å². The van der Waals surface area contributed by atoms with Gasteiger partial charge in [-0.15, -0.1) is 11.3 Å². The first kappa shape index (κ1) is 10.9. The van der Waals surface area contributed by atoms with Gasteiger partial charge < -0.3 is 10.1 Å². The number of nitrogens with one attached hydrogen (secondary N) is 1. The number of piperazine rings is 1. The maximum atomic E-state index is 5.19. The van der Waals surface area contributed by atoms with Crippen LogP contribution in [0.15, 0.2) is 12.1 Å². The predicted molar refractivity (Wildman–Crippen MR) is 63.6 cm³/mol. The molecular weight excluding hydrogens is 208 g/mol. The molecule has 0 spiro atoms. The van der Waals surface area contributed by atoms with Gasteiger partial charge in [0.25, 0.3) is 0 Å². The van der Waals surface area contributed by atoms with Gasteiger partial charge in [0, 0.05) is 37.1 Å². The van der Waals surface area contributed by atoms with Gasteiger partial charge in [0.05, 0.1) is 7.11 Å². The highest BCUT2D eigenvalue weighted by molar-refractivity contribution is 7.13. The summed E-state index contributed by atoms with van der Waals surface area (Å²) in [5, 5.41) is 4.46. The van der Waals surface area contributed by atoms with Gasteiger partial charge in [-0.2, -0.15) is 0 Å². The van der Waals surface area contributed by atoms with Crippen molar-refractivity contribution in [3.8, 4) is 5.06 Å². The summed E-state index contributed by atoms with van der Waals surface area (Å²) in [6.45, 7) is 6.68. The van der Waals surface area contributed by atoms with E-state index in [4.69, 9.17) is 4.74 Å². The lowest BCUT2D eigenvalue weighted by Gasteiger charge is -2.31. The molecule has 0 bridgehead atoms. The van der Waals surface area contributed by atoms with Crippen molar-refractivity contribution < 1.29 is 4.74 Å². The highest BCUT2D eigenvalue weighted by Gasteiger charge is 2.16. The van der Waals surface area contributed by atoms with E-state index in [2.05, 4.69) is 23.2 Å². The average molecular weight is 226 g/mol.